The molecule has 2 N–H and O–H groups in total. The van der Waals surface area contributed by atoms with Crippen LogP contribution in [0.5, 0.6) is 11.5 Å². The van der Waals surface area contributed by atoms with Crippen molar-refractivity contribution in [3.63, 3.8) is 0 Å². The largest absolute Gasteiger partial charge is 0.334 e. The van der Waals surface area contributed by atoms with Gasteiger partial charge in [-0.1, -0.05) is 72.6 Å². The quantitative estimate of drug-likeness (QED) is 0.0211. The molecule has 96 heavy (non-hydrogen) atoms. The predicted octanol–water partition coefficient (Wildman–Crippen LogP) is 14.0. The van der Waals surface area contributed by atoms with Crippen LogP contribution in [0.4, 0.5) is 0 Å². The maximum Gasteiger partial charge on any atom is 0.334 e. The number of rotatable bonds is 32. The van der Waals surface area contributed by atoms with Crippen molar-refractivity contribution in [3.8, 4) is 11.5 Å². The van der Waals surface area contributed by atoms with E-state index in [0.29, 0.717) is 19.1 Å². The Morgan fingerprint density at radius 1 is 0.656 bits per heavy atom. The number of unbranched alkanes of at least 4 members (excludes halogenated alkanes) is 7. The first-order valence-electron chi connectivity index (χ1n) is 37.8. The van der Waals surface area contributed by atoms with Gasteiger partial charge < -0.3 is 5.32 Å². The van der Waals surface area contributed by atoms with E-state index in [2.05, 4.69) is 138 Å². The summed E-state index contributed by atoms with van der Waals surface area (Å²) in [6.07, 6.45) is 66.6. The standard InChI is InChI=1S/C18H25N2O2.C18H33P.C12H22N3.C11H21N2O3S.C9H17N2.C7H14N2.2ClH.Ru/c1-15(2)22-18-8-7-17(13-16(18)3)21-12-6-5-9-20-11-10-19(4)14-20;1-4-10-16(11-5-1)19(17-12-6-2-7-13-17)18-14-8-3-9-15-18;1-2-3-7-14-8-9-15(11-14)10-12-5-4-6-13-12;1-2-3-6-12-8-9-13(11-12)7-4-5-10-17(14,15)16;1-2-3-4-5-7-11-8-6-10-9-11;1-3-4-9-6-5-8(2)7-9;;;/h3,7-8,10-11,13-15H,5-6,9,12H2,1-2,4H3;16-18H,1-15H2;8-9,11-13H,2-7,10H2,1H3;8-9H,2-7,10-11H2,1H3;6,8H,2-5,7,9H2,1H3;5-6H,3-4,7H2,1-2H3;2*1H;/q+1;;3*+1;+2;;;+2/t;;12-;;;;;;/m..0....../s1. The number of aromatic nitrogens is 4. The van der Waals surface area contributed by atoms with E-state index in [1.165, 1.54) is 107 Å². The van der Waals surface area contributed by atoms with E-state index in [9.17, 15) is 8.42 Å². The number of nitrogens with one attached hydrogen (secondary N) is 1. The summed E-state index contributed by atoms with van der Waals surface area (Å²) in [7, 11) is 12.3. The van der Waals surface area contributed by atoms with E-state index < -0.39 is 23.6 Å². The molecule has 21 heteroatoms. The second-order valence-electron chi connectivity index (χ2n) is 28.0. The molecule has 1 saturated heterocycles. The van der Waals surface area contributed by atoms with Crippen LogP contribution in [0.15, 0.2) is 60.6 Å². The average molecular weight is 1500 g/mol. The van der Waals surface area contributed by atoms with Crippen LogP contribution in [-0.4, -0.2) is 188 Å². The number of hydrogen-bond acceptors (Lipinski definition) is 6. The summed E-state index contributed by atoms with van der Waals surface area (Å²) in [6.45, 7) is 25.1. The van der Waals surface area contributed by atoms with Crippen LogP contribution >= 0.6 is 27.3 Å². The normalized spacial score (nSPS) is 18.2. The zero-order chi connectivity index (χ0) is 69.0. The molecule has 0 bridgehead atoms. The Balaban J connectivity index is 0.000000214. The number of nitrogens with zero attached hydrogens (tertiary/aromatic N) is 10. The molecule has 0 unspecified atom stereocenters. The first kappa shape index (κ1) is 83.3. The summed E-state index contributed by atoms with van der Waals surface area (Å²) in [4.78, 5) is 4.11. The van der Waals surface area contributed by atoms with Gasteiger partial charge in [0.2, 0.25) is 37.9 Å². The molecule has 10 rings (SSSR count). The molecule has 3 aliphatic carbocycles. The van der Waals surface area contributed by atoms with Crippen molar-refractivity contribution in [3.05, 3.63) is 61.2 Å². The van der Waals surface area contributed by atoms with Crippen molar-refractivity contribution in [1.82, 2.24) is 14.5 Å². The summed E-state index contributed by atoms with van der Waals surface area (Å²) in [5, 5.41) is 3.53. The van der Waals surface area contributed by atoms with E-state index >= 15 is 0 Å². The van der Waals surface area contributed by atoms with Crippen LogP contribution in [-0.2, 0) is 50.3 Å². The third kappa shape index (κ3) is 36.8. The molecular weight excluding hydrogens is 1370 g/mol. The third-order valence-corrected chi connectivity index (χ3v) is 26.1. The fraction of sp³-hybridized carbons (Fsp3) is 0.747. The minimum Gasteiger partial charge on any atom is -0.310 e. The Kier molecular flexibility index (Phi) is 43.4. The predicted molar refractivity (Wildman–Crippen MR) is 404 cm³/mol. The number of ether oxygens (including phenoxy) is 2. The van der Waals surface area contributed by atoms with Gasteiger partial charge in [0, 0.05) is 39.6 Å². The molecule has 4 fully saturated rings. The topological polar surface area (TPSA) is 130 Å². The van der Waals surface area contributed by atoms with Crippen molar-refractivity contribution >= 4 is 79.3 Å². The molecule has 1 aromatic carbocycles. The maximum absolute atomic E-state index is 10.5. The molecule has 4 aliphatic heterocycles. The fourth-order valence-corrected chi connectivity index (χ4v) is 21.4. The minimum absolute atomic E-state index is 0.0465. The molecule has 544 valence electrons. The Morgan fingerprint density at radius 3 is 1.79 bits per heavy atom. The molecule has 0 radical (unpaired) electrons. The van der Waals surface area contributed by atoms with Gasteiger partial charge >= 0.3 is 169 Å². The molecular formula is C75H134Cl2N11O5PRuS+8. The zero-order valence-corrected chi connectivity index (χ0v) is 66.2. The Hall–Kier alpha value is -3.37. The van der Waals surface area contributed by atoms with Crippen molar-refractivity contribution in [2.45, 2.75) is 283 Å². The zero-order valence-electron chi connectivity index (χ0n) is 61.1. The van der Waals surface area contributed by atoms with Crippen LogP contribution in [0.25, 0.3) is 0 Å². The van der Waals surface area contributed by atoms with Gasteiger partial charge in [-0.05, 0) is 116 Å². The van der Waals surface area contributed by atoms with E-state index in [1.54, 1.807) is 96.3 Å². The van der Waals surface area contributed by atoms with E-state index in [1.807, 2.05) is 66.9 Å². The van der Waals surface area contributed by atoms with E-state index in [4.69, 9.17) is 33.4 Å². The monoisotopic (exact) mass is 1500 g/mol. The Morgan fingerprint density at radius 2 is 1.25 bits per heavy atom. The first-order chi connectivity index (χ1) is 46.5. The van der Waals surface area contributed by atoms with Gasteiger partial charge in [-0.2, -0.15) is 26.7 Å². The summed E-state index contributed by atoms with van der Waals surface area (Å²) in [6, 6.07) is 6.50. The van der Waals surface area contributed by atoms with E-state index in [0.717, 1.165) is 89.1 Å². The molecule has 6 heterocycles. The van der Waals surface area contributed by atoms with Crippen LogP contribution in [0.2, 0.25) is 0 Å². The number of benzene rings is 1. The number of imidazole rings is 2. The van der Waals surface area contributed by atoms with Gasteiger partial charge in [0.05, 0.1) is 42.5 Å². The van der Waals surface area contributed by atoms with E-state index in [-0.39, 0.29) is 19.8 Å². The summed E-state index contributed by atoms with van der Waals surface area (Å²) in [5.74, 6) is 1.48. The van der Waals surface area contributed by atoms with Crippen LogP contribution in [0.3, 0.4) is 0 Å². The van der Waals surface area contributed by atoms with Crippen molar-refractivity contribution in [2.75, 3.05) is 72.1 Å². The van der Waals surface area contributed by atoms with Crippen LogP contribution < -0.4 is 23.9 Å². The van der Waals surface area contributed by atoms with Crippen molar-refractivity contribution < 1.29 is 68.0 Å². The summed E-state index contributed by atoms with van der Waals surface area (Å²) >= 11 is -1.92. The number of aliphatic imine (C=N–C) groups is 1. The molecule has 7 aliphatic rings. The Labute approximate surface area is 597 Å². The number of halogens is 2. The SMILES string of the molecule is C1CCC([PH+](C2CCCCC2)C2CCCCC2)CC1.CC(C)Oc1ccc(OCCCCn2cc[n+](C)c2)cc1[CH]=[Ru]([Cl])[Cl].CCCCCC[N+]1=CC=NC1.CCCC[N+]1=CC=[N+](CCCCS(=O)(=O)O)C1.CCCCn1cc[n+](C[C@@H]2CCCN2)c1.CCC[N+]1=CC=[N+](C)C1. The molecule has 16 nitrogen and oxygen atoms in total. The van der Waals surface area contributed by atoms with Gasteiger partial charge in [0.25, 0.3) is 10.1 Å². The molecule has 0 amide bonds. The smallest absolute Gasteiger partial charge is 0.310 e. The summed E-state index contributed by atoms with van der Waals surface area (Å²) in [5.41, 5.74) is 4.59. The molecule has 3 saturated carbocycles. The van der Waals surface area contributed by atoms with Crippen molar-refractivity contribution in [2.24, 2.45) is 12.0 Å². The maximum atomic E-state index is 10.5. The fourth-order valence-electron chi connectivity index (χ4n) is 13.9. The molecule has 3 aromatic rings. The Bertz CT molecular complexity index is 2900. The molecule has 0 spiro atoms. The average Bonchev–Trinajstić information content (AvgIpc) is 2.07. The van der Waals surface area contributed by atoms with Crippen LogP contribution in [0, 0.1) is 0 Å². The van der Waals surface area contributed by atoms with Gasteiger partial charge in [0.1, 0.15) is 52.2 Å². The van der Waals surface area contributed by atoms with Gasteiger partial charge in [-0.15, -0.1) is 0 Å². The van der Waals surface area contributed by atoms with Gasteiger partial charge in [0.15, 0.2) is 6.21 Å². The minimum atomic E-state index is -3.79. The van der Waals surface area contributed by atoms with Crippen molar-refractivity contribution in [1.29, 1.82) is 0 Å². The number of hydrogen-bond donors (Lipinski definition) is 2. The second kappa shape index (κ2) is 50.1. The number of aryl methyl sites for hydroxylation is 3. The van der Waals surface area contributed by atoms with Gasteiger partial charge in [-0.3, -0.25) is 4.55 Å². The summed E-state index contributed by atoms with van der Waals surface area (Å²) < 4.78 is 63.2. The van der Waals surface area contributed by atoms with Gasteiger partial charge in [-0.25, -0.2) is 18.7 Å². The second-order valence-corrected chi connectivity index (χ2v) is 38.7. The third-order valence-electron chi connectivity index (χ3n) is 18.9. The first-order valence-corrected chi connectivity index (χ1v) is 46.6. The molecule has 2 aromatic heterocycles. The van der Waals surface area contributed by atoms with Crippen LogP contribution in [0.1, 0.15) is 240 Å². The molecule has 1 atom stereocenters.